The second kappa shape index (κ2) is 4.20. The van der Waals surface area contributed by atoms with Crippen LogP contribution in [0.3, 0.4) is 0 Å². The number of hydrogen-bond donors (Lipinski definition) is 1. The molecule has 1 N–H and O–H groups in total. The molecule has 1 aromatic heterocycles. The first kappa shape index (κ1) is 11.6. The number of ether oxygens (including phenoxy) is 1. The van der Waals surface area contributed by atoms with Gasteiger partial charge in [-0.15, -0.1) is 0 Å². The summed E-state index contributed by atoms with van der Waals surface area (Å²) in [7, 11) is 1.31. The van der Waals surface area contributed by atoms with Crippen molar-refractivity contribution in [3.05, 3.63) is 17.7 Å². The average Bonchev–Trinajstić information content (AvgIpc) is 2.72. The average molecular weight is 237 g/mol. The summed E-state index contributed by atoms with van der Waals surface area (Å²) in [6.45, 7) is 3.94. The van der Waals surface area contributed by atoms with Crippen LogP contribution in [0.2, 0.25) is 0 Å². The standard InChI is InChI=1S/C11H15N3O3/c1-6(2)9-12-5-7-4-8(10(15)17-3)13-11(16)14(7)9/h5-6,8H,4H2,1-3H3,(H,13,16). The topological polar surface area (TPSA) is 73.2 Å². The van der Waals surface area contributed by atoms with E-state index < -0.39 is 12.0 Å². The molecule has 6 heteroatoms. The zero-order chi connectivity index (χ0) is 12.6. The molecule has 6 nitrogen and oxygen atoms in total. The summed E-state index contributed by atoms with van der Waals surface area (Å²) in [6.07, 6.45) is 2.06. The number of hydrogen-bond acceptors (Lipinski definition) is 4. The zero-order valence-electron chi connectivity index (χ0n) is 10.1. The van der Waals surface area contributed by atoms with Gasteiger partial charge in [-0.2, -0.15) is 0 Å². The number of aromatic nitrogens is 2. The van der Waals surface area contributed by atoms with Crippen LogP contribution in [0, 0.1) is 0 Å². The lowest BCUT2D eigenvalue weighted by Gasteiger charge is -2.24. The number of carbonyl (C=O) groups is 2. The molecule has 0 saturated heterocycles. The van der Waals surface area contributed by atoms with Gasteiger partial charge in [-0.1, -0.05) is 13.8 Å². The minimum Gasteiger partial charge on any atom is -0.467 e. The van der Waals surface area contributed by atoms with Gasteiger partial charge in [0, 0.05) is 24.2 Å². The number of methoxy groups -OCH3 is 1. The van der Waals surface area contributed by atoms with E-state index in [1.165, 1.54) is 11.7 Å². The maximum Gasteiger partial charge on any atom is 0.328 e. The molecule has 17 heavy (non-hydrogen) atoms. The number of amides is 1. The number of carbonyl (C=O) groups excluding carboxylic acids is 2. The predicted octanol–water partition coefficient (Wildman–Crippen LogP) is 0.662. The third-order valence-electron chi connectivity index (χ3n) is 2.78. The van der Waals surface area contributed by atoms with Crippen molar-refractivity contribution in [2.24, 2.45) is 0 Å². The summed E-state index contributed by atoms with van der Waals surface area (Å²) in [4.78, 5) is 27.5. The van der Waals surface area contributed by atoms with Crippen LogP contribution < -0.4 is 5.32 Å². The Morgan fingerprint density at radius 3 is 2.94 bits per heavy atom. The maximum atomic E-state index is 11.9. The van der Waals surface area contributed by atoms with Crippen LogP contribution in [0.5, 0.6) is 0 Å². The van der Waals surface area contributed by atoms with E-state index in [1.54, 1.807) is 6.20 Å². The molecule has 0 aromatic carbocycles. The van der Waals surface area contributed by atoms with Gasteiger partial charge in [-0.3, -0.25) is 4.57 Å². The van der Waals surface area contributed by atoms with Crippen LogP contribution in [-0.4, -0.2) is 34.7 Å². The van der Waals surface area contributed by atoms with Crippen molar-refractivity contribution >= 4 is 12.0 Å². The summed E-state index contributed by atoms with van der Waals surface area (Å²) in [5.74, 6) is 0.432. The fraction of sp³-hybridized carbons (Fsp3) is 0.545. The molecular weight excluding hydrogens is 222 g/mol. The fourth-order valence-corrected chi connectivity index (χ4v) is 1.95. The molecule has 0 saturated carbocycles. The first-order valence-electron chi connectivity index (χ1n) is 5.49. The van der Waals surface area contributed by atoms with Gasteiger partial charge in [0.15, 0.2) is 0 Å². The van der Waals surface area contributed by atoms with Gasteiger partial charge >= 0.3 is 12.0 Å². The molecule has 1 amide bonds. The number of esters is 1. The summed E-state index contributed by atoms with van der Waals surface area (Å²) in [5, 5.41) is 2.61. The molecule has 1 atom stereocenters. The van der Waals surface area contributed by atoms with Crippen molar-refractivity contribution in [3.8, 4) is 0 Å². The second-order valence-corrected chi connectivity index (χ2v) is 4.33. The van der Waals surface area contributed by atoms with E-state index in [9.17, 15) is 9.59 Å². The van der Waals surface area contributed by atoms with Gasteiger partial charge in [0.1, 0.15) is 11.9 Å². The molecule has 2 rings (SSSR count). The largest absolute Gasteiger partial charge is 0.467 e. The van der Waals surface area contributed by atoms with Crippen molar-refractivity contribution in [1.29, 1.82) is 0 Å². The minimum atomic E-state index is -0.614. The highest BCUT2D eigenvalue weighted by Crippen LogP contribution is 2.19. The van der Waals surface area contributed by atoms with E-state index in [4.69, 9.17) is 0 Å². The molecule has 2 heterocycles. The summed E-state index contributed by atoms with van der Waals surface area (Å²) >= 11 is 0. The molecule has 0 bridgehead atoms. The highest BCUT2D eigenvalue weighted by Gasteiger charge is 2.32. The Balaban J connectivity index is 2.33. The molecule has 0 radical (unpaired) electrons. The fourth-order valence-electron chi connectivity index (χ4n) is 1.95. The normalized spacial score (nSPS) is 18.8. The monoisotopic (exact) mass is 237 g/mol. The van der Waals surface area contributed by atoms with Gasteiger partial charge in [0.2, 0.25) is 0 Å². The van der Waals surface area contributed by atoms with Gasteiger partial charge in [-0.25, -0.2) is 14.6 Å². The van der Waals surface area contributed by atoms with Crippen LogP contribution in [0.15, 0.2) is 6.20 Å². The predicted molar refractivity (Wildman–Crippen MR) is 59.8 cm³/mol. The third-order valence-corrected chi connectivity index (χ3v) is 2.78. The Morgan fingerprint density at radius 1 is 1.65 bits per heavy atom. The Kier molecular flexibility index (Phi) is 2.87. The maximum absolute atomic E-state index is 11.9. The van der Waals surface area contributed by atoms with Crippen LogP contribution >= 0.6 is 0 Å². The van der Waals surface area contributed by atoms with Crippen LogP contribution in [0.1, 0.15) is 31.3 Å². The lowest BCUT2D eigenvalue weighted by Crippen LogP contribution is -2.49. The first-order chi connectivity index (χ1) is 8.04. The van der Waals surface area contributed by atoms with Crippen molar-refractivity contribution < 1.29 is 14.3 Å². The molecule has 1 unspecified atom stereocenters. The lowest BCUT2D eigenvalue weighted by atomic mass is 10.1. The number of nitrogens with zero attached hydrogens (tertiary/aromatic N) is 2. The van der Waals surface area contributed by atoms with E-state index in [2.05, 4.69) is 15.0 Å². The van der Waals surface area contributed by atoms with Gasteiger partial charge in [0.25, 0.3) is 0 Å². The van der Waals surface area contributed by atoms with Crippen molar-refractivity contribution in [3.63, 3.8) is 0 Å². The Morgan fingerprint density at radius 2 is 2.35 bits per heavy atom. The molecule has 0 spiro atoms. The number of rotatable bonds is 2. The Labute approximate surface area is 99.0 Å². The van der Waals surface area contributed by atoms with E-state index in [0.29, 0.717) is 12.2 Å². The molecule has 92 valence electrons. The van der Waals surface area contributed by atoms with Crippen LogP contribution in [0.4, 0.5) is 4.79 Å². The molecule has 0 fully saturated rings. The first-order valence-corrected chi connectivity index (χ1v) is 5.49. The van der Waals surface area contributed by atoms with Crippen molar-refractivity contribution in [1.82, 2.24) is 14.9 Å². The third kappa shape index (κ3) is 1.90. The SMILES string of the molecule is COC(=O)C1Cc2cnc(C(C)C)n2C(=O)N1. The number of nitrogens with one attached hydrogen (secondary N) is 1. The number of imidazole rings is 1. The summed E-state index contributed by atoms with van der Waals surface area (Å²) < 4.78 is 6.16. The van der Waals surface area contributed by atoms with E-state index in [1.807, 2.05) is 13.8 Å². The van der Waals surface area contributed by atoms with Gasteiger partial charge < -0.3 is 10.1 Å². The Hall–Kier alpha value is -1.85. The van der Waals surface area contributed by atoms with E-state index in [-0.39, 0.29) is 11.9 Å². The van der Waals surface area contributed by atoms with Gasteiger partial charge in [0.05, 0.1) is 7.11 Å². The highest BCUT2D eigenvalue weighted by molar-refractivity contribution is 5.87. The zero-order valence-corrected chi connectivity index (χ0v) is 10.1. The highest BCUT2D eigenvalue weighted by atomic mass is 16.5. The van der Waals surface area contributed by atoms with Crippen molar-refractivity contribution in [2.45, 2.75) is 32.2 Å². The van der Waals surface area contributed by atoms with Crippen LogP contribution in [0.25, 0.3) is 0 Å². The molecule has 1 aliphatic rings. The smallest absolute Gasteiger partial charge is 0.328 e. The van der Waals surface area contributed by atoms with Crippen LogP contribution in [-0.2, 0) is 16.0 Å². The minimum absolute atomic E-state index is 0.157. The molecular formula is C11H15N3O3. The molecule has 0 aliphatic carbocycles. The second-order valence-electron chi connectivity index (χ2n) is 4.33. The molecule has 1 aromatic rings. The van der Waals surface area contributed by atoms with Gasteiger partial charge in [-0.05, 0) is 0 Å². The lowest BCUT2D eigenvalue weighted by molar-refractivity contribution is -0.142. The Bertz CT molecular complexity index is 465. The van der Waals surface area contributed by atoms with Crippen molar-refractivity contribution in [2.75, 3.05) is 7.11 Å². The molecule has 1 aliphatic heterocycles. The quantitative estimate of drug-likeness (QED) is 0.767. The number of fused-ring (bicyclic) bond motifs is 1. The summed E-state index contributed by atoms with van der Waals surface area (Å²) in [5.41, 5.74) is 0.743. The summed E-state index contributed by atoms with van der Waals surface area (Å²) in [6, 6.07) is -0.931. The van der Waals surface area contributed by atoms with E-state index >= 15 is 0 Å². The van der Waals surface area contributed by atoms with E-state index in [0.717, 1.165) is 5.69 Å².